The summed E-state index contributed by atoms with van der Waals surface area (Å²) in [4.78, 5) is 3.42. The molecule has 2 N–H and O–H groups in total. The van der Waals surface area contributed by atoms with Gasteiger partial charge in [-0.05, 0) is 12.1 Å². The predicted octanol–water partition coefficient (Wildman–Crippen LogP) is 4.11. The molecule has 1 unspecified atom stereocenters. The zero-order valence-electron chi connectivity index (χ0n) is 9.21. The molecule has 0 aliphatic rings. The molecule has 0 aliphatic heterocycles. The number of alkyl halides is 3. The van der Waals surface area contributed by atoms with Crippen LogP contribution >= 0.6 is 27.3 Å². The molecule has 1 aromatic carbocycles. The number of hydrogen-bond acceptors (Lipinski definition) is 3. The van der Waals surface area contributed by atoms with Gasteiger partial charge in [0, 0.05) is 21.1 Å². The summed E-state index contributed by atoms with van der Waals surface area (Å²) in [6, 6.07) is 3.24. The van der Waals surface area contributed by atoms with Gasteiger partial charge in [0.05, 0.1) is 6.04 Å². The molecule has 1 atom stereocenters. The lowest BCUT2D eigenvalue weighted by Gasteiger charge is -2.10. The van der Waals surface area contributed by atoms with Crippen LogP contribution in [0, 0.1) is 5.82 Å². The molecule has 2 rings (SSSR count). The highest BCUT2D eigenvalue weighted by Crippen LogP contribution is 2.35. The molecule has 102 valence electrons. The molecular weight excluding hydrogens is 348 g/mol. The third-order valence-electron chi connectivity index (χ3n) is 2.37. The Labute approximate surface area is 118 Å². The van der Waals surface area contributed by atoms with Crippen LogP contribution < -0.4 is 5.73 Å². The molecule has 0 spiro atoms. The number of aromatic nitrogens is 1. The Morgan fingerprint density at radius 2 is 2.00 bits per heavy atom. The molecule has 1 aromatic heterocycles. The lowest BCUT2D eigenvalue weighted by atomic mass is 10.1. The van der Waals surface area contributed by atoms with Gasteiger partial charge >= 0.3 is 6.18 Å². The summed E-state index contributed by atoms with van der Waals surface area (Å²) in [5.41, 5.74) is 5.90. The van der Waals surface area contributed by atoms with Crippen LogP contribution in [0.25, 0.3) is 0 Å². The average Bonchev–Trinajstić information content (AvgIpc) is 2.76. The smallest absolute Gasteiger partial charge is 0.319 e. The molecule has 0 saturated carbocycles. The molecule has 1 heterocycles. The van der Waals surface area contributed by atoms with Gasteiger partial charge in [-0.15, -0.1) is 11.3 Å². The normalized spacial score (nSPS) is 13.6. The van der Waals surface area contributed by atoms with E-state index in [2.05, 4.69) is 20.9 Å². The van der Waals surface area contributed by atoms with Crippen LogP contribution in [0.15, 0.2) is 28.9 Å². The number of hydrogen-bond donors (Lipinski definition) is 1. The standard InChI is InChI=1S/C11H7BrF4N2S/c12-5-1-2-6(7(13)3-5)9(17)8-4-18-10(19-8)11(14,15)16/h1-4,9H,17H2. The molecule has 0 bridgehead atoms. The Hall–Kier alpha value is -0.990. The van der Waals surface area contributed by atoms with Crippen LogP contribution in [-0.2, 0) is 6.18 Å². The van der Waals surface area contributed by atoms with E-state index in [1.807, 2.05) is 0 Å². The second-order valence-electron chi connectivity index (χ2n) is 3.71. The van der Waals surface area contributed by atoms with Gasteiger partial charge < -0.3 is 5.73 Å². The first-order valence-corrected chi connectivity index (χ1v) is 6.63. The van der Waals surface area contributed by atoms with E-state index in [0.29, 0.717) is 15.8 Å². The number of benzene rings is 1. The molecule has 0 aliphatic carbocycles. The fraction of sp³-hybridized carbons (Fsp3) is 0.182. The summed E-state index contributed by atoms with van der Waals surface area (Å²) in [5.74, 6) is -0.580. The van der Waals surface area contributed by atoms with E-state index in [4.69, 9.17) is 5.73 Å². The summed E-state index contributed by atoms with van der Waals surface area (Å²) in [6.45, 7) is 0. The minimum atomic E-state index is -4.51. The highest BCUT2D eigenvalue weighted by Gasteiger charge is 2.35. The minimum Gasteiger partial charge on any atom is -0.319 e. The lowest BCUT2D eigenvalue weighted by molar-refractivity contribution is -0.137. The number of nitrogens with two attached hydrogens (primary N) is 1. The maximum Gasteiger partial charge on any atom is 0.443 e. The highest BCUT2D eigenvalue weighted by atomic mass is 79.9. The zero-order chi connectivity index (χ0) is 14.2. The van der Waals surface area contributed by atoms with E-state index < -0.39 is 23.0 Å². The van der Waals surface area contributed by atoms with E-state index in [1.165, 1.54) is 12.1 Å². The maximum atomic E-state index is 13.7. The Morgan fingerprint density at radius 1 is 1.32 bits per heavy atom. The van der Waals surface area contributed by atoms with Crippen molar-refractivity contribution in [3.05, 3.63) is 50.1 Å². The van der Waals surface area contributed by atoms with E-state index in [0.717, 1.165) is 6.20 Å². The van der Waals surface area contributed by atoms with E-state index in [1.54, 1.807) is 6.07 Å². The van der Waals surface area contributed by atoms with Gasteiger partial charge in [0.1, 0.15) is 5.82 Å². The van der Waals surface area contributed by atoms with Crippen molar-refractivity contribution in [1.82, 2.24) is 4.98 Å². The van der Waals surface area contributed by atoms with Gasteiger partial charge in [-0.3, -0.25) is 0 Å². The third-order valence-corrected chi connectivity index (χ3v) is 3.99. The third kappa shape index (κ3) is 3.13. The van der Waals surface area contributed by atoms with Crippen molar-refractivity contribution in [1.29, 1.82) is 0 Å². The summed E-state index contributed by atoms with van der Waals surface area (Å²) >= 11 is 3.51. The quantitative estimate of drug-likeness (QED) is 0.824. The minimum absolute atomic E-state index is 0.126. The van der Waals surface area contributed by atoms with Gasteiger partial charge in [0.15, 0.2) is 5.01 Å². The molecular formula is C11H7BrF4N2S. The summed E-state index contributed by atoms with van der Waals surface area (Å²) in [7, 11) is 0. The number of nitrogens with zero attached hydrogens (tertiary/aromatic N) is 1. The molecule has 0 saturated heterocycles. The number of rotatable bonds is 2. The molecule has 8 heteroatoms. The Kier molecular flexibility index (Phi) is 3.93. The van der Waals surface area contributed by atoms with Crippen molar-refractivity contribution in [3.8, 4) is 0 Å². The van der Waals surface area contributed by atoms with Gasteiger partial charge in [0.25, 0.3) is 0 Å². The van der Waals surface area contributed by atoms with Crippen molar-refractivity contribution in [2.45, 2.75) is 12.2 Å². The van der Waals surface area contributed by atoms with Crippen LogP contribution in [0.2, 0.25) is 0 Å². The van der Waals surface area contributed by atoms with Gasteiger partial charge in [0.2, 0.25) is 0 Å². The molecule has 0 radical (unpaired) electrons. The van der Waals surface area contributed by atoms with Crippen molar-refractivity contribution >= 4 is 27.3 Å². The summed E-state index contributed by atoms with van der Waals surface area (Å²) < 4.78 is 51.5. The molecule has 0 fully saturated rings. The molecule has 0 amide bonds. The fourth-order valence-electron chi connectivity index (χ4n) is 1.47. The lowest BCUT2D eigenvalue weighted by Crippen LogP contribution is -2.12. The van der Waals surface area contributed by atoms with Crippen LogP contribution in [-0.4, -0.2) is 4.98 Å². The molecule has 2 aromatic rings. The molecule has 2 nitrogen and oxygen atoms in total. The predicted molar refractivity (Wildman–Crippen MR) is 67.2 cm³/mol. The van der Waals surface area contributed by atoms with Gasteiger partial charge in [-0.2, -0.15) is 13.2 Å². The average molecular weight is 355 g/mol. The van der Waals surface area contributed by atoms with Crippen LogP contribution in [0.1, 0.15) is 21.5 Å². The van der Waals surface area contributed by atoms with Crippen molar-refractivity contribution in [2.24, 2.45) is 5.73 Å². The topological polar surface area (TPSA) is 38.9 Å². The van der Waals surface area contributed by atoms with Crippen LogP contribution in [0.3, 0.4) is 0 Å². The van der Waals surface area contributed by atoms with Crippen LogP contribution in [0.5, 0.6) is 0 Å². The number of halogens is 5. The van der Waals surface area contributed by atoms with Gasteiger partial charge in [-0.1, -0.05) is 22.0 Å². The van der Waals surface area contributed by atoms with Crippen molar-refractivity contribution < 1.29 is 17.6 Å². The number of thiazole rings is 1. The Balaban J connectivity index is 2.34. The van der Waals surface area contributed by atoms with Crippen molar-refractivity contribution in [3.63, 3.8) is 0 Å². The Morgan fingerprint density at radius 3 is 2.53 bits per heavy atom. The zero-order valence-corrected chi connectivity index (χ0v) is 11.6. The van der Waals surface area contributed by atoms with Gasteiger partial charge in [-0.25, -0.2) is 9.37 Å². The molecule has 19 heavy (non-hydrogen) atoms. The summed E-state index contributed by atoms with van der Waals surface area (Å²) in [6.07, 6.45) is -3.49. The Bertz CT molecular complexity index is 597. The largest absolute Gasteiger partial charge is 0.443 e. The van der Waals surface area contributed by atoms with E-state index in [-0.39, 0.29) is 10.4 Å². The van der Waals surface area contributed by atoms with Crippen LogP contribution in [0.4, 0.5) is 17.6 Å². The second kappa shape index (κ2) is 5.18. The maximum absolute atomic E-state index is 13.7. The first kappa shape index (κ1) is 14.4. The fourth-order valence-corrected chi connectivity index (χ4v) is 2.61. The second-order valence-corrected chi connectivity index (χ2v) is 5.69. The monoisotopic (exact) mass is 354 g/mol. The van der Waals surface area contributed by atoms with E-state index in [9.17, 15) is 17.6 Å². The first-order valence-electron chi connectivity index (χ1n) is 5.02. The SMILES string of the molecule is NC(c1cnc(C(F)(F)F)s1)c1ccc(Br)cc1F. The highest BCUT2D eigenvalue weighted by molar-refractivity contribution is 9.10. The van der Waals surface area contributed by atoms with Crippen molar-refractivity contribution in [2.75, 3.05) is 0 Å². The summed E-state index contributed by atoms with van der Waals surface area (Å²) in [5, 5.41) is -0.990. The first-order chi connectivity index (χ1) is 8.79. The van der Waals surface area contributed by atoms with E-state index >= 15 is 0 Å².